The van der Waals surface area contributed by atoms with Crippen molar-refractivity contribution in [2.45, 2.75) is 31.6 Å². The summed E-state index contributed by atoms with van der Waals surface area (Å²) in [6.07, 6.45) is 5.67. The number of ether oxygens (including phenoxy) is 1. The van der Waals surface area contributed by atoms with Crippen LogP contribution < -0.4 is 16.2 Å². The number of fused-ring (bicyclic) bond motifs is 1. The molecule has 4 N–H and O–H groups in total. The number of carbonyl (C=O) groups is 1. The highest BCUT2D eigenvalue weighted by Crippen LogP contribution is 2.43. The second kappa shape index (κ2) is 7.75. The Morgan fingerprint density at radius 2 is 1.68 bits per heavy atom. The maximum Gasteiger partial charge on any atom is 0.251 e. The van der Waals surface area contributed by atoms with Gasteiger partial charge >= 0.3 is 0 Å². The number of nitrogen functional groups attached to an aromatic ring is 1. The first kappa shape index (κ1) is 19.1. The third-order valence-corrected chi connectivity index (χ3v) is 5.90. The maximum absolute atomic E-state index is 12.7. The number of rotatable bonds is 5. The Balaban J connectivity index is 1.65. The normalized spacial score (nSPS) is 14.2. The van der Waals surface area contributed by atoms with Gasteiger partial charge in [-0.3, -0.25) is 4.79 Å². The fourth-order valence-electron chi connectivity index (χ4n) is 4.56. The Hall–Kier alpha value is -3.87. The van der Waals surface area contributed by atoms with Crippen molar-refractivity contribution in [2.24, 2.45) is 5.73 Å². The fraction of sp³-hybridized carbons (Fsp3) is 0.208. The van der Waals surface area contributed by atoms with Gasteiger partial charge in [-0.1, -0.05) is 43.2 Å². The molecule has 1 saturated carbocycles. The van der Waals surface area contributed by atoms with Crippen molar-refractivity contribution in [2.75, 3.05) is 5.73 Å². The first-order chi connectivity index (χ1) is 15.1. The zero-order chi connectivity index (χ0) is 21.4. The Morgan fingerprint density at radius 1 is 1.00 bits per heavy atom. The third kappa shape index (κ3) is 3.38. The van der Waals surface area contributed by atoms with Gasteiger partial charge in [-0.15, -0.1) is 0 Å². The maximum atomic E-state index is 12.7. The average Bonchev–Trinajstić information content (AvgIpc) is 3.41. The molecule has 2 heterocycles. The zero-order valence-corrected chi connectivity index (χ0v) is 17.0. The van der Waals surface area contributed by atoms with E-state index in [2.05, 4.69) is 10.1 Å². The van der Waals surface area contributed by atoms with Gasteiger partial charge in [0.05, 0.1) is 11.3 Å². The van der Waals surface area contributed by atoms with Gasteiger partial charge in [-0.05, 0) is 42.7 Å². The number of carbonyl (C=O) groups excluding carboxylic acids is 1. The van der Waals surface area contributed by atoms with Crippen molar-refractivity contribution < 1.29 is 9.53 Å². The lowest BCUT2D eigenvalue weighted by Gasteiger charge is -2.11. The Bertz CT molecular complexity index is 1240. The molecule has 2 aromatic carbocycles. The SMILES string of the molecule is NC(=O)c1c(-c2ccc(Oc3ccccc3)cc2)c2c(N)ncnn2c1C1CCCC1. The summed E-state index contributed by atoms with van der Waals surface area (Å²) < 4.78 is 7.66. The molecule has 31 heavy (non-hydrogen) atoms. The summed E-state index contributed by atoms with van der Waals surface area (Å²) in [5, 5.41) is 4.44. The number of anilines is 1. The molecule has 7 heteroatoms. The first-order valence-corrected chi connectivity index (χ1v) is 10.4. The van der Waals surface area contributed by atoms with Crippen molar-refractivity contribution >= 4 is 17.2 Å². The van der Waals surface area contributed by atoms with Gasteiger partial charge in [0.1, 0.15) is 23.3 Å². The predicted molar refractivity (Wildman–Crippen MR) is 119 cm³/mol. The smallest absolute Gasteiger partial charge is 0.251 e. The van der Waals surface area contributed by atoms with Crippen molar-refractivity contribution in [3.63, 3.8) is 0 Å². The number of hydrogen-bond acceptors (Lipinski definition) is 5. The van der Waals surface area contributed by atoms with Gasteiger partial charge in [0.25, 0.3) is 5.91 Å². The number of amides is 1. The molecule has 7 nitrogen and oxygen atoms in total. The number of aromatic nitrogens is 3. The molecular weight excluding hydrogens is 390 g/mol. The summed E-state index contributed by atoms with van der Waals surface area (Å²) in [5.74, 6) is 1.51. The third-order valence-electron chi connectivity index (χ3n) is 5.90. The van der Waals surface area contributed by atoms with E-state index in [0.717, 1.165) is 42.7 Å². The van der Waals surface area contributed by atoms with Crippen LogP contribution in [0.3, 0.4) is 0 Å². The highest BCUT2D eigenvalue weighted by molar-refractivity contribution is 6.08. The van der Waals surface area contributed by atoms with Crippen molar-refractivity contribution in [3.8, 4) is 22.6 Å². The molecule has 0 bridgehead atoms. The minimum absolute atomic E-state index is 0.221. The molecule has 1 aliphatic carbocycles. The van der Waals surface area contributed by atoms with Crippen LogP contribution in [0, 0.1) is 0 Å². The first-order valence-electron chi connectivity index (χ1n) is 10.4. The number of para-hydroxylation sites is 1. The molecule has 0 spiro atoms. The highest BCUT2D eigenvalue weighted by atomic mass is 16.5. The van der Waals surface area contributed by atoms with Crippen LogP contribution in [0.4, 0.5) is 5.82 Å². The molecule has 1 aliphatic rings. The number of benzene rings is 2. The summed E-state index contributed by atoms with van der Waals surface area (Å²) in [6.45, 7) is 0. The van der Waals surface area contributed by atoms with Gasteiger partial charge < -0.3 is 16.2 Å². The van der Waals surface area contributed by atoms with E-state index in [1.165, 1.54) is 6.33 Å². The van der Waals surface area contributed by atoms with Crippen LogP contribution >= 0.6 is 0 Å². The van der Waals surface area contributed by atoms with E-state index in [4.69, 9.17) is 16.2 Å². The summed E-state index contributed by atoms with van der Waals surface area (Å²) in [7, 11) is 0. The number of nitrogens with two attached hydrogens (primary N) is 2. The van der Waals surface area contributed by atoms with Crippen LogP contribution in [-0.4, -0.2) is 20.5 Å². The van der Waals surface area contributed by atoms with Crippen LogP contribution in [0.25, 0.3) is 16.6 Å². The summed E-state index contributed by atoms with van der Waals surface area (Å²) in [6, 6.07) is 17.1. The lowest BCUT2D eigenvalue weighted by atomic mass is 9.94. The Labute approximate surface area is 179 Å². The lowest BCUT2D eigenvalue weighted by molar-refractivity contribution is 0.0999. The van der Waals surface area contributed by atoms with E-state index >= 15 is 0 Å². The van der Waals surface area contributed by atoms with Crippen LogP contribution in [0.2, 0.25) is 0 Å². The van der Waals surface area contributed by atoms with Gasteiger partial charge in [0, 0.05) is 11.5 Å². The number of nitrogens with zero attached hydrogens (tertiary/aromatic N) is 3. The van der Waals surface area contributed by atoms with E-state index < -0.39 is 5.91 Å². The van der Waals surface area contributed by atoms with Gasteiger partial charge in [-0.2, -0.15) is 5.10 Å². The minimum Gasteiger partial charge on any atom is -0.457 e. The molecule has 0 atom stereocenters. The van der Waals surface area contributed by atoms with Crippen LogP contribution in [0.15, 0.2) is 60.9 Å². The van der Waals surface area contributed by atoms with Crippen LogP contribution in [0.5, 0.6) is 11.5 Å². The molecule has 5 rings (SSSR count). The van der Waals surface area contributed by atoms with Crippen LogP contribution in [0.1, 0.15) is 47.7 Å². The van der Waals surface area contributed by atoms with E-state index in [1.54, 1.807) is 4.52 Å². The minimum atomic E-state index is -0.480. The standard InChI is InChI=1S/C24H23N5O2/c25-23-22-19(15-10-12-18(13-11-15)31-17-8-2-1-3-9-17)20(24(26)30)21(16-6-4-5-7-16)29(22)28-14-27-23/h1-3,8-14,16H,4-7H2,(H2,26,30)(H2,25,27,28). The highest BCUT2D eigenvalue weighted by Gasteiger charge is 2.31. The Kier molecular flexibility index (Phi) is 4.78. The number of primary amides is 1. The van der Waals surface area contributed by atoms with Gasteiger partial charge in [0.15, 0.2) is 5.82 Å². The molecule has 0 unspecified atom stereocenters. The molecule has 1 fully saturated rings. The molecule has 0 radical (unpaired) electrons. The molecule has 0 saturated heterocycles. The van der Waals surface area contributed by atoms with Crippen molar-refractivity contribution in [3.05, 3.63) is 72.2 Å². The quantitative estimate of drug-likeness (QED) is 0.500. The monoisotopic (exact) mass is 413 g/mol. The molecule has 1 amide bonds. The van der Waals surface area contributed by atoms with Gasteiger partial charge in [-0.25, -0.2) is 9.50 Å². The van der Waals surface area contributed by atoms with Crippen molar-refractivity contribution in [1.82, 2.24) is 14.6 Å². The van der Waals surface area contributed by atoms with Gasteiger partial charge in [0.2, 0.25) is 0 Å². The fourth-order valence-corrected chi connectivity index (χ4v) is 4.56. The topological polar surface area (TPSA) is 109 Å². The second-order valence-electron chi connectivity index (χ2n) is 7.83. The zero-order valence-electron chi connectivity index (χ0n) is 17.0. The van der Waals surface area contributed by atoms with E-state index in [-0.39, 0.29) is 5.92 Å². The Morgan fingerprint density at radius 3 is 2.35 bits per heavy atom. The average molecular weight is 413 g/mol. The van der Waals surface area contributed by atoms with E-state index in [0.29, 0.717) is 28.2 Å². The molecule has 0 aliphatic heterocycles. The summed E-state index contributed by atoms with van der Waals surface area (Å²) in [5.41, 5.74) is 15.6. The summed E-state index contributed by atoms with van der Waals surface area (Å²) in [4.78, 5) is 16.8. The molecular formula is C24H23N5O2. The molecule has 156 valence electrons. The van der Waals surface area contributed by atoms with E-state index in [1.807, 2.05) is 54.6 Å². The largest absolute Gasteiger partial charge is 0.457 e. The second-order valence-corrected chi connectivity index (χ2v) is 7.83. The molecule has 4 aromatic rings. The lowest BCUT2D eigenvalue weighted by Crippen LogP contribution is -2.16. The van der Waals surface area contributed by atoms with Crippen molar-refractivity contribution in [1.29, 1.82) is 0 Å². The summed E-state index contributed by atoms with van der Waals surface area (Å²) >= 11 is 0. The predicted octanol–water partition coefficient (Wildman–Crippen LogP) is 4.53. The van der Waals surface area contributed by atoms with Crippen LogP contribution in [-0.2, 0) is 0 Å². The number of hydrogen-bond donors (Lipinski definition) is 2. The van der Waals surface area contributed by atoms with E-state index in [9.17, 15) is 4.79 Å². The molecule has 2 aromatic heterocycles.